The molecular weight excluding hydrogens is 206 g/mol. The van der Waals surface area contributed by atoms with Gasteiger partial charge in [0.1, 0.15) is 0 Å². The summed E-state index contributed by atoms with van der Waals surface area (Å²) in [6, 6.07) is 14.6. The van der Waals surface area contributed by atoms with Crippen LogP contribution >= 0.6 is 0 Å². The first kappa shape index (κ1) is 11.8. The third kappa shape index (κ3) is 2.94. The second-order valence-electron chi connectivity index (χ2n) is 4.92. The Bertz CT molecular complexity index is 486. The van der Waals surface area contributed by atoms with Crippen LogP contribution in [0.15, 0.2) is 42.5 Å². The fourth-order valence-corrected chi connectivity index (χ4v) is 1.93. The van der Waals surface area contributed by atoms with Crippen LogP contribution < -0.4 is 0 Å². The lowest BCUT2D eigenvalue weighted by atomic mass is 10.0. The summed E-state index contributed by atoms with van der Waals surface area (Å²) in [6.07, 6.45) is 1.05. The Kier molecular flexibility index (Phi) is 3.58. The molecule has 88 valence electrons. The van der Waals surface area contributed by atoms with Crippen LogP contribution in [-0.4, -0.2) is 4.98 Å². The van der Waals surface area contributed by atoms with Crippen molar-refractivity contribution in [2.75, 3.05) is 0 Å². The van der Waals surface area contributed by atoms with Gasteiger partial charge in [-0.25, -0.2) is 0 Å². The number of hydrogen-bond donors (Lipinski definition) is 0. The highest BCUT2D eigenvalue weighted by Gasteiger charge is 2.06. The fraction of sp³-hybridized carbons (Fsp3) is 0.312. The Balaban J connectivity index is 2.37. The largest absolute Gasteiger partial charge is 0.253 e. The van der Waals surface area contributed by atoms with Crippen LogP contribution in [0.4, 0.5) is 0 Å². The molecule has 2 aromatic rings. The van der Waals surface area contributed by atoms with Crippen molar-refractivity contribution in [3.63, 3.8) is 0 Å². The standard InChI is InChI=1S/C16H19N/c1-12(2)11-16-13(3)9-10-15(17-16)14-7-5-4-6-8-14/h4-10,12H,11H2,1-3H3. The molecule has 0 bridgehead atoms. The molecule has 1 heterocycles. The van der Waals surface area contributed by atoms with E-state index in [0.29, 0.717) is 5.92 Å². The van der Waals surface area contributed by atoms with Crippen molar-refractivity contribution in [3.05, 3.63) is 53.7 Å². The molecule has 0 aliphatic heterocycles. The normalized spacial score (nSPS) is 10.8. The van der Waals surface area contributed by atoms with E-state index in [9.17, 15) is 0 Å². The van der Waals surface area contributed by atoms with Gasteiger partial charge in [0.25, 0.3) is 0 Å². The van der Waals surface area contributed by atoms with Gasteiger partial charge < -0.3 is 0 Å². The highest BCUT2D eigenvalue weighted by molar-refractivity contribution is 5.59. The number of hydrogen-bond acceptors (Lipinski definition) is 1. The van der Waals surface area contributed by atoms with Gasteiger partial charge in [-0.05, 0) is 30.9 Å². The van der Waals surface area contributed by atoms with E-state index in [1.807, 2.05) is 6.07 Å². The summed E-state index contributed by atoms with van der Waals surface area (Å²) in [4.78, 5) is 4.78. The van der Waals surface area contributed by atoms with E-state index < -0.39 is 0 Å². The third-order valence-electron chi connectivity index (χ3n) is 2.87. The molecule has 0 fully saturated rings. The summed E-state index contributed by atoms with van der Waals surface area (Å²) in [5.41, 5.74) is 4.78. The SMILES string of the molecule is Cc1ccc(-c2ccccc2)nc1CC(C)C. The first-order valence-corrected chi connectivity index (χ1v) is 6.19. The smallest absolute Gasteiger partial charge is 0.0705 e. The van der Waals surface area contributed by atoms with Gasteiger partial charge in [0.2, 0.25) is 0 Å². The van der Waals surface area contributed by atoms with Crippen LogP contribution in [0.2, 0.25) is 0 Å². The highest BCUT2D eigenvalue weighted by atomic mass is 14.7. The van der Waals surface area contributed by atoms with Crippen molar-refractivity contribution < 1.29 is 0 Å². The molecule has 1 nitrogen and oxygen atoms in total. The molecule has 17 heavy (non-hydrogen) atoms. The lowest BCUT2D eigenvalue weighted by molar-refractivity contribution is 0.633. The molecule has 0 aliphatic carbocycles. The van der Waals surface area contributed by atoms with E-state index in [1.54, 1.807) is 0 Å². The van der Waals surface area contributed by atoms with Crippen molar-refractivity contribution >= 4 is 0 Å². The number of nitrogens with zero attached hydrogens (tertiary/aromatic N) is 1. The molecular formula is C16H19N. The second kappa shape index (κ2) is 5.13. The van der Waals surface area contributed by atoms with Gasteiger partial charge in [-0.3, -0.25) is 4.98 Å². The molecule has 0 N–H and O–H groups in total. The zero-order valence-corrected chi connectivity index (χ0v) is 10.8. The average Bonchev–Trinajstić information content (AvgIpc) is 2.32. The number of pyridine rings is 1. The van der Waals surface area contributed by atoms with E-state index in [-0.39, 0.29) is 0 Å². The van der Waals surface area contributed by atoms with Crippen LogP contribution in [0.5, 0.6) is 0 Å². The molecule has 0 spiro atoms. The summed E-state index contributed by atoms with van der Waals surface area (Å²) >= 11 is 0. The van der Waals surface area contributed by atoms with Gasteiger partial charge in [0, 0.05) is 11.3 Å². The Labute approximate surface area is 104 Å². The molecule has 0 aliphatic rings. The zero-order chi connectivity index (χ0) is 12.3. The third-order valence-corrected chi connectivity index (χ3v) is 2.87. The molecule has 1 aromatic carbocycles. The van der Waals surface area contributed by atoms with Crippen LogP contribution in [0, 0.1) is 12.8 Å². The van der Waals surface area contributed by atoms with Gasteiger partial charge in [0.05, 0.1) is 5.69 Å². The predicted molar refractivity (Wildman–Crippen MR) is 73.0 cm³/mol. The van der Waals surface area contributed by atoms with Gasteiger partial charge in [-0.15, -0.1) is 0 Å². The van der Waals surface area contributed by atoms with E-state index in [0.717, 1.165) is 12.1 Å². The van der Waals surface area contributed by atoms with Crippen molar-refractivity contribution in [3.8, 4) is 11.3 Å². The molecule has 0 saturated heterocycles. The van der Waals surface area contributed by atoms with Crippen LogP contribution in [0.3, 0.4) is 0 Å². The summed E-state index contributed by atoms with van der Waals surface area (Å²) in [5, 5.41) is 0. The molecule has 2 rings (SSSR count). The maximum atomic E-state index is 4.78. The summed E-state index contributed by atoms with van der Waals surface area (Å²) in [6.45, 7) is 6.60. The van der Waals surface area contributed by atoms with Gasteiger partial charge in [-0.2, -0.15) is 0 Å². The maximum absolute atomic E-state index is 4.78. The Morgan fingerprint density at radius 3 is 2.35 bits per heavy atom. The van der Waals surface area contributed by atoms with Crippen molar-refractivity contribution in [1.29, 1.82) is 0 Å². The Hall–Kier alpha value is -1.63. The molecule has 0 atom stereocenters. The monoisotopic (exact) mass is 225 g/mol. The van der Waals surface area contributed by atoms with E-state index in [2.05, 4.69) is 57.2 Å². The molecule has 0 radical (unpaired) electrons. The number of aromatic nitrogens is 1. The number of benzene rings is 1. The zero-order valence-electron chi connectivity index (χ0n) is 10.8. The van der Waals surface area contributed by atoms with Crippen molar-refractivity contribution in [2.24, 2.45) is 5.92 Å². The fourth-order valence-electron chi connectivity index (χ4n) is 1.93. The minimum absolute atomic E-state index is 0.646. The summed E-state index contributed by atoms with van der Waals surface area (Å²) in [5.74, 6) is 0.646. The lowest BCUT2D eigenvalue weighted by Gasteiger charge is -2.10. The van der Waals surface area contributed by atoms with Crippen molar-refractivity contribution in [2.45, 2.75) is 27.2 Å². The topological polar surface area (TPSA) is 12.9 Å². The number of aryl methyl sites for hydroxylation is 1. The second-order valence-corrected chi connectivity index (χ2v) is 4.92. The van der Waals surface area contributed by atoms with Gasteiger partial charge in [0.15, 0.2) is 0 Å². The van der Waals surface area contributed by atoms with Crippen LogP contribution in [0.25, 0.3) is 11.3 Å². The minimum atomic E-state index is 0.646. The quantitative estimate of drug-likeness (QED) is 0.760. The first-order valence-electron chi connectivity index (χ1n) is 6.19. The van der Waals surface area contributed by atoms with Gasteiger partial charge >= 0.3 is 0 Å². The first-order chi connectivity index (χ1) is 8.16. The van der Waals surface area contributed by atoms with E-state index in [4.69, 9.17) is 4.98 Å². The van der Waals surface area contributed by atoms with Crippen LogP contribution in [0.1, 0.15) is 25.1 Å². The van der Waals surface area contributed by atoms with E-state index >= 15 is 0 Å². The molecule has 0 unspecified atom stereocenters. The minimum Gasteiger partial charge on any atom is -0.253 e. The predicted octanol–water partition coefficient (Wildman–Crippen LogP) is 4.26. The van der Waals surface area contributed by atoms with Gasteiger partial charge in [-0.1, -0.05) is 50.2 Å². The highest BCUT2D eigenvalue weighted by Crippen LogP contribution is 2.20. The van der Waals surface area contributed by atoms with Crippen molar-refractivity contribution in [1.82, 2.24) is 4.98 Å². The summed E-state index contributed by atoms with van der Waals surface area (Å²) < 4.78 is 0. The Morgan fingerprint density at radius 2 is 1.71 bits per heavy atom. The molecule has 1 aromatic heterocycles. The Morgan fingerprint density at radius 1 is 1.00 bits per heavy atom. The summed E-state index contributed by atoms with van der Waals surface area (Å²) in [7, 11) is 0. The molecule has 1 heteroatoms. The maximum Gasteiger partial charge on any atom is 0.0705 e. The number of rotatable bonds is 3. The van der Waals surface area contributed by atoms with Crippen LogP contribution in [-0.2, 0) is 6.42 Å². The van der Waals surface area contributed by atoms with E-state index in [1.165, 1.54) is 16.8 Å². The lowest BCUT2D eigenvalue weighted by Crippen LogP contribution is -2.01. The molecule has 0 amide bonds. The average molecular weight is 225 g/mol. The molecule has 0 saturated carbocycles.